The van der Waals surface area contributed by atoms with Gasteiger partial charge < -0.3 is 9.84 Å². The van der Waals surface area contributed by atoms with Gasteiger partial charge in [-0.1, -0.05) is 41.5 Å². The van der Waals surface area contributed by atoms with E-state index in [1.807, 2.05) is 0 Å². The molecule has 0 spiro atoms. The molecule has 0 amide bonds. The largest absolute Gasteiger partial charge is 0.387 e. The van der Waals surface area contributed by atoms with Crippen molar-refractivity contribution in [3.63, 3.8) is 0 Å². The summed E-state index contributed by atoms with van der Waals surface area (Å²) in [5, 5.41) is 10.5. The predicted molar refractivity (Wildman–Crippen MR) is 77.5 cm³/mol. The maximum absolute atomic E-state index is 10.5. The maximum atomic E-state index is 10.5. The van der Waals surface area contributed by atoms with E-state index in [0.717, 1.165) is 25.9 Å². The Hall–Kier alpha value is 0.310. The van der Waals surface area contributed by atoms with Gasteiger partial charge in [-0.25, -0.2) is 0 Å². The highest BCUT2D eigenvalue weighted by Gasteiger charge is 2.32. The third kappa shape index (κ3) is 4.77. The average Bonchev–Trinajstić information content (AvgIpc) is 2.32. The molecular formula is C14H28NO2P. The molecule has 106 valence electrons. The molecule has 0 aromatic rings. The fraction of sp³-hybridized carbons (Fsp3) is 1.00. The predicted octanol–water partition coefficient (Wildman–Crippen LogP) is 2.73. The van der Waals surface area contributed by atoms with Crippen LogP contribution < -0.4 is 0 Å². The van der Waals surface area contributed by atoms with Crippen LogP contribution in [-0.4, -0.2) is 41.2 Å². The van der Waals surface area contributed by atoms with Gasteiger partial charge in [0.2, 0.25) is 0 Å². The molecule has 1 saturated carbocycles. The monoisotopic (exact) mass is 273 g/mol. The van der Waals surface area contributed by atoms with Crippen LogP contribution in [0.5, 0.6) is 0 Å². The summed E-state index contributed by atoms with van der Waals surface area (Å²) in [7, 11) is 2.72. The van der Waals surface area contributed by atoms with Crippen molar-refractivity contribution in [1.82, 2.24) is 4.67 Å². The van der Waals surface area contributed by atoms with E-state index >= 15 is 0 Å². The molecular weight excluding hydrogens is 245 g/mol. The summed E-state index contributed by atoms with van der Waals surface area (Å²) in [6, 6.07) is 0. The molecule has 0 radical (unpaired) electrons. The highest BCUT2D eigenvalue weighted by molar-refractivity contribution is 7.13. The Morgan fingerprint density at radius 3 is 2.22 bits per heavy atom. The molecule has 0 bridgehead atoms. The van der Waals surface area contributed by atoms with Crippen LogP contribution in [0.2, 0.25) is 0 Å². The Morgan fingerprint density at radius 2 is 1.61 bits per heavy atom. The second-order valence-electron chi connectivity index (χ2n) is 6.04. The first-order valence-electron chi connectivity index (χ1n) is 7.52. The van der Waals surface area contributed by atoms with Gasteiger partial charge in [0.25, 0.3) is 0 Å². The van der Waals surface area contributed by atoms with Crippen LogP contribution in [0.3, 0.4) is 0 Å². The summed E-state index contributed by atoms with van der Waals surface area (Å²) < 4.78 is 8.22. The molecule has 0 aromatic heterocycles. The Morgan fingerprint density at radius 1 is 1.06 bits per heavy atom. The second-order valence-corrected chi connectivity index (χ2v) is 6.77. The van der Waals surface area contributed by atoms with E-state index in [4.69, 9.17) is 4.74 Å². The van der Waals surface area contributed by atoms with Crippen molar-refractivity contribution in [1.29, 1.82) is 0 Å². The molecule has 4 heteroatoms. The minimum Gasteiger partial charge on any atom is -0.387 e. The summed E-state index contributed by atoms with van der Waals surface area (Å²) in [5.74, 6) is 0. The molecule has 2 aliphatic rings. The summed E-state index contributed by atoms with van der Waals surface area (Å²) in [6.45, 7) is 2.44. The first-order valence-corrected chi connectivity index (χ1v) is 8.03. The van der Waals surface area contributed by atoms with Crippen molar-refractivity contribution < 1.29 is 9.84 Å². The number of piperidine rings is 1. The summed E-state index contributed by atoms with van der Waals surface area (Å²) in [5.41, 5.74) is -0.574. The third-order valence-corrected chi connectivity index (χ3v) is 4.89. The van der Waals surface area contributed by atoms with Crippen LogP contribution in [0.1, 0.15) is 57.8 Å². The normalized spacial score (nSPS) is 27.7. The summed E-state index contributed by atoms with van der Waals surface area (Å²) in [6.07, 6.45) is 11.1. The summed E-state index contributed by atoms with van der Waals surface area (Å²) in [4.78, 5) is 0. The van der Waals surface area contributed by atoms with Crippen molar-refractivity contribution in [3.8, 4) is 0 Å². The zero-order valence-corrected chi connectivity index (χ0v) is 12.6. The van der Waals surface area contributed by atoms with Gasteiger partial charge >= 0.3 is 0 Å². The van der Waals surface area contributed by atoms with Crippen LogP contribution in [0.25, 0.3) is 0 Å². The fourth-order valence-corrected chi connectivity index (χ4v) is 3.20. The lowest BCUT2D eigenvalue weighted by molar-refractivity contribution is -0.0974. The average molecular weight is 273 g/mol. The van der Waals surface area contributed by atoms with Gasteiger partial charge in [-0.05, 0) is 25.7 Å². The highest BCUT2D eigenvalue weighted by Crippen LogP contribution is 2.26. The van der Waals surface area contributed by atoms with Crippen molar-refractivity contribution >= 4 is 9.39 Å². The van der Waals surface area contributed by atoms with Gasteiger partial charge in [0.05, 0.1) is 18.3 Å². The van der Waals surface area contributed by atoms with Crippen LogP contribution in [0.15, 0.2) is 0 Å². The Kier molecular flexibility index (Phi) is 5.88. The zero-order chi connectivity index (χ0) is 12.8. The van der Waals surface area contributed by atoms with Gasteiger partial charge in [-0.15, -0.1) is 0 Å². The molecule has 18 heavy (non-hydrogen) atoms. The van der Waals surface area contributed by atoms with Crippen molar-refractivity contribution in [3.05, 3.63) is 0 Å². The first-order chi connectivity index (χ1) is 8.68. The van der Waals surface area contributed by atoms with Crippen molar-refractivity contribution in [2.24, 2.45) is 0 Å². The van der Waals surface area contributed by atoms with Gasteiger partial charge in [0, 0.05) is 13.1 Å². The van der Waals surface area contributed by atoms with Crippen LogP contribution >= 0.6 is 9.39 Å². The first kappa shape index (κ1) is 14.7. The fourth-order valence-electron chi connectivity index (χ4n) is 2.94. The number of aliphatic hydroxyl groups is 1. The Balaban J connectivity index is 1.72. The van der Waals surface area contributed by atoms with Crippen molar-refractivity contribution in [2.75, 3.05) is 19.7 Å². The molecule has 1 heterocycles. The Bertz CT molecular complexity index is 234. The highest BCUT2D eigenvalue weighted by atomic mass is 31.0. The molecule has 1 aliphatic heterocycles. The van der Waals surface area contributed by atoms with E-state index in [1.54, 1.807) is 0 Å². The molecule has 1 saturated heterocycles. The lowest BCUT2D eigenvalue weighted by atomic mass is 9.93. The molecule has 3 nitrogen and oxygen atoms in total. The quantitative estimate of drug-likeness (QED) is 0.803. The third-order valence-electron chi connectivity index (χ3n) is 4.37. The minimum absolute atomic E-state index is 0.392. The minimum atomic E-state index is -0.574. The summed E-state index contributed by atoms with van der Waals surface area (Å²) >= 11 is 0. The number of hydrogen-bond acceptors (Lipinski definition) is 3. The topological polar surface area (TPSA) is 32.7 Å². The van der Waals surface area contributed by atoms with Crippen LogP contribution in [0.4, 0.5) is 0 Å². The van der Waals surface area contributed by atoms with Gasteiger partial charge in [-0.3, -0.25) is 4.67 Å². The van der Waals surface area contributed by atoms with Gasteiger partial charge in [0.15, 0.2) is 0 Å². The van der Waals surface area contributed by atoms with Gasteiger partial charge in [0.1, 0.15) is 0 Å². The molecule has 1 aliphatic carbocycles. The maximum Gasteiger partial charge on any atom is 0.0904 e. The van der Waals surface area contributed by atoms with E-state index in [0.29, 0.717) is 12.7 Å². The van der Waals surface area contributed by atoms with E-state index in [9.17, 15) is 5.11 Å². The van der Waals surface area contributed by atoms with E-state index < -0.39 is 5.60 Å². The van der Waals surface area contributed by atoms with Gasteiger partial charge in [-0.2, -0.15) is 0 Å². The van der Waals surface area contributed by atoms with E-state index in [-0.39, 0.29) is 0 Å². The van der Waals surface area contributed by atoms with Crippen LogP contribution in [0, 0.1) is 0 Å². The molecule has 1 unspecified atom stereocenters. The molecule has 2 fully saturated rings. The number of ether oxygens (including phenoxy) is 1. The molecule has 1 atom stereocenters. The Labute approximate surface area is 114 Å². The molecule has 2 rings (SSSR count). The second kappa shape index (κ2) is 7.19. The number of nitrogens with zero attached hydrogens (tertiary/aromatic N) is 1. The smallest absolute Gasteiger partial charge is 0.0904 e. The lowest BCUT2D eigenvalue weighted by Gasteiger charge is -2.37. The molecule has 1 N–H and O–H groups in total. The standard InChI is InChI=1S/C14H28NO2P/c16-14(8-10-15(18)11-9-14)12-17-13-6-4-2-1-3-5-7-13/h13,16H,1-12,18H2. The van der Waals surface area contributed by atoms with E-state index in [2.05, 4.69) is 14.1 Å². The zero-order valence-electron chi connectivity index (χ0n) is 11.4. The SMILES string of the molecule is OC1(COC2CCCCCCC2)CCN(P)CC1. The molecule has 0 aromatic carbocycles. The van der Waals surface area contributed by atoms with Crippen LogP contribution in [-0.2, 0) is 4.74 Å². The van der Waals surface area contributed by atoms with E-state index in [1.165, 1.54) is 44.9 Å². The lowest BCUT2D eigenvalue weighted by Crippen LogP contribution is -2.45. The number of hydrogen-bond donors (Lipinski definition) is 1. The van der Waals surface area contributed by atoms with Crippen molar-refractivity contribution in [2.45, 2.75) is 69.5 Å². The number of rotatable bonds is 3.